The minimum atomic E-state index is -0.0552. The molecule has 24 heavy (non-hydrogen) atoms. The molecule has 1 aliphatic rings. The number of hydrogen-bond donors (Lipinski definition) is 2. The Morgan fingerprint density at radius 1 is 1.33 bits per heavy atom. The van der Waals surface area contributed by atoms with Gasteiger partial charge in [0.15, 0.2) is 5.96 Å². The van der Waals surface area contributed by atoms with Crippen molar-refractivity contribution in [1.82, 2.24) is 15.5 Å². The first-order valence-corrected chi connectivity index (χ1v) is 8.62. The van der Waals surface area contributed by atoms with Crippen LogP contribution in [0.3, 0.4) is 0 Å². The van der Waals surface area contributed by atoms with Gasteiger partial charge in [0.1, 0.15) is 0 Å². The summed E-state index contributed by atoms with van der Waals surface area (Å²) in [5.41, 5.74) is 0. The fraction of sp³-hybridized carbons (Fsp3) is 0.600. The van der Waals surface area contributed by atoms with E-state index in [-0.39, 0.29) is 36.4 Å². The molecule has 1 saturated heterocycles. The van der Waals surface area contributed by atoms with E-state index in [4.69, 9.17) is 4.74 Å². The molecular weight excluding hydrogens is 441 g/mol. The van der Waals surface area contributed by atoms with Crippen molar-refractivity contribution >= 4 is 52.2 Å². The maximum Gasteiger partial charge on any atom is 0.239 e. The Kier molecular flexibility index (Phi) is 10.0. The predicted octanol–water partition coefficient (Wildman–Crippen LogP) is 0.826. The second-order valence-electron chi connectivity index (χ2n) is 5.17. The lowest BCUT2D eigenvalue weighted by molar-refractivity contribution is -0.120. The molecule has 1 amide bonds. The van der Waals surface area contributed by atoms with Gasteiger partial charge in [-0.1, -0.05) is 0 Å². The highest BCUT2D eigenvalue weighted by Gasteiger charge is 2.20. The Morgan fingerprint density at radius 2 is 2.08 bits per heavy atom. The van der Waals surface area contributed by atoms with Gasteiger partial charge in [0, 0.05) is 46.9 Å². The molecule has 2 heterocycles. The van der Waals surface area contributed by atoms with Crippen LogP contribution in [0.15, 0.2) is 22.5 Å². The minimum absolute atomic E-state index is 0. The average molecular weight is 467 g/mol. The molecule has 2 N–H and O–H groups in total. The molecule has 0 atom stereocenters. The van der Waals surface area contributed by atoms with Crippen LogP contribution in [0.2, 0.25) is 0 Å². The van der Waals surface area contributed by atoms with Gasteiger partial charge in [0.2, 0.25) is 5.91 Å². The van der Waals surface area contributed by atoms with Gasteiger partial charge in [-0.3, -0.25) is 9.79 Å². The molecule has 0 spiro atoms. The summed E-state index contributed by atoms with van der Waals surface area (Å²) in [7, 11) is 3.36. The summed E-state index contributed by atoms with van der Waals surface area (Å²) in [5, 5.41) is 9.32. The lowest BCUT2D eigenvalue weighted by atomic mass is 10.3. The number of anilines is 1. The molecule has 0 aliphatic carbocycles. The summed E-state index contributed by atoms with van der Waals surface area (Å²) in [6.45, 7) is 4.97. The molecule has 9 heteroatoms. The van der Waals surface area contributed by atoms with E-state index in [1.807, 2.05) is 0 Å². The third-order valence-electron chi connectivity index (χ3n) is 3.64. The van der Waals surface area contributed by atoms with Crippen molar-refractivity contribution in [1.29, 1.82) is 0 Å². The average Bonchev–Trinajstić information content (AvgIpc) is 3.11. The largest absolute Gasteiger partial charge is 0.383 e. The number of amides is 1. The standard InChI is InChI=1S/C15H25N5O2S.HI/c1-16-15(18-12-13(21)17-5-10-22-2)20-8-6-19(7-9-20)14-4-3-11-23-14;/h3-4,11H,5-10,12H2,1-2H3,(H,16,18)(H,17,21);1H. The van der Waals surface area contributed by atoms with Crippen molar-refractivity contribution in [3.63, 3.8) is 0 Å². The molecular formula is C15H26IN5O2S. The van der Waals surface area contributed by atoms with Gasteiger partial charge >= 0.3 is 0 Å². The number of carbonyl (C=O) groups is 1. The van der Waals surface area contributed by atoms with Crippen LogP contribution in [-0.2, 0) is 9.53 Å². The minimum Gasteiger partial charge on any atom is -0.383 e. The lowest BCUT2D eigenvalue weighted by Gasteiger charge is -2.36. The van der Waals surface area contributed by atoms with Gasteiger partial charge in [-0.2, -0.15) is 0 Å². The summed E-state index contributed by atoms with van der Waals surface area (Å²) in [4.78, 5) is 20.6. The molecule has 0 unspecified atom stereocenters. The highest BCUT2D eigenvalue weighted by Crippen LogP contribution is 2.22. The normalized spacial score (nSPS) is 15.0. The number of nitrogens with one attached hydrogen (secondary N) is 2. The van der Waals surface area contributed by atoms with E-state index in [1.54, 1.807) is 25.5 Å². The van der Waals surface area contributed by atoms with Crippen LogP contribution in [0.1, 0.15) is 0 Å². The number of nitrogens with zero attached hydrogens (tertiary/aromatic N) is 3. The second kappa shape index (κ2) is 11.5. The predicted molar refractivity (Wildman–Crippen MR) is 110 cm³/mol. The van der Waals surface area contributed by atoms with Crippen molar-refractivity contribution in [2.45, 2.75) is 0 Å². The van der Waals surface area contributed by atoms with Crippen LogP contribution in [0.25, 0.3) is 0 Å². The number of guanidine groups is 1. The number of rotatable bonds is 6. The van der Waals surface area contributed by atoms with Crippen LogP contribution in [0.4, 0.5) is 5.00 Å². The molecule has 1 fully saturated rings. The molecule has 1 aromatic rings. The molecule has 0 saturated carbocycles. The van der Waals surface area contributed by atoms with Crippen LogP contribution in [-0.4, -0.2) is 76.8 Å². The van der Waals surface area contributed by atoms with Gasteiger partial charge in [-0.15, -0.1) is 35.3 Å². The number of hydrogen-bond acceptors (Lipinski definition) is 5. The van der Waals surface area contributed by atoms with E-state index in [2.05, 4.69) is 42.9 Å². The van der Waals surface area contributed by atoms with E-state index in [0.29, 0.717) is 13.2 Å². The van der Waals surface area contributed by atoms with Crippen LogP contribution in [0.5, 0.6) is 0 Å². The smallest absolute Gasteiger partial charge is 0.239 e. The fourth-order valence-electron chi connectivity index (χ4n) is 2.44. The van der Waals surface area contributed by atoms with Crippen molar-refractivity contribution in [2.75, 3.05) is 64.9 Å². The Bertz CT molecular complexity index is 504. The van der Waals surface area contributed by atoms with Crippen LogP contribution >= 0.6 is 35.3 Å². The maximum absolute atomic E-state index is 11.7. The summed E-state index contributed by atoms with van der Waals surface area (Å²) in [5.74, 6) is 0.721. The van der Waals surface area contributed by atoms with Crippen LogP contribution in [0, 0.1) is 0 Å². The molecule has 0 aromatic carbocycles. The molecule has 0 bridgehead atoms. The molecule has 2 rings (SSSR count). The number of methoxy groups -OCH3 is 1. The number of halogens is 1. The first kappa shape index (κ1) is 21.0. The molecule has 1 aliphatic heterocycles. The molecule has 136 valence electrons. The maximum atomic E-state index is 11.7. The molecule has 1 aromatic heterocycles. The fourth-order valence-corrected chi connectivity index (χ4v) is 3.22. The zero-order valence-electron chi connectivity index (χ0n) is 14.2. The van der Waals surface area contributed by atoms with E-state index in [0.717, 1.165) is 32.1 Å². The van der Waals surface area contributed by atoms with Gasteiger partial charge in [0.05, 0.1) is 18.2 Å². The van der Waals surface area contributed by atoms with E-state index >= 15 is 0 Å². The summed E-state index contributed by atoms with van der Waals surface area (Å²) in [6.07, 6.45) is 0. The SMILES string of the molecule is CN=C(NCC(=O)NCCOC)N1CCN(c2cccs2)CC1.I. The topological polar surface area (TPSA) is 69.2 Å². The Balaban J connectivity index is 0.00000288. The van der Waals surface area contributed by atoms with E-state index in [9.17, 15) is 4.79 Å². The van der Waals surface area contributed by atoms with Gasteiger partial charge in [-0.25, -0.2) is 0 Å². The number of thiophene rings is 1. The number of ether oxygens (including phenoxy) is 1. The number of carbonyl (C=O) groups excluding carboxylic acids is 1. The van der Waals surface area contributed by atoms with Gasteiger partial charge in [0.25, 0.3) is 0 Å². The van der Waals surface area contributed by atoms with Crippen molar-refractivity contribution in [3.8, 4) is 0 Å². The number of aliphatic imine (C=N–C) groups is 1. The summed E-state index contributed by atoms with van der Waals surface area (Å²) in [6, 6.07) is 4.23. The first-order valence-electron chi connectivity index (χ1n) is 7.74. The quantitative estimate of drug-likeness (QED) is 0.281. The monoisotopic (exact) mass is 467 g/mol. The van der Waals surface area contributed by atoms with Crippen molar-refractivity contribution in [2.24, 2.45) is 4.99 Å². The van der Waals surface area contributed by atoms with Gasteiger partial charge < -0.3 is 25.2 Å². The second-order valence-corrected chi connectivity index (χ2v) is 6.10. The van der Waals surface area contributed by atoms with Crippen molar-refractivity contribution in [3.05, 3.63) is 17.5 Å². The van der Waals surface area contributed by atoms with Crippen LogP contribution < -0.4 is 15.5 Å². The highest BCUT2D eigenvalue weighted by molar-refractivity contribution is 14.0. The molecule has 7 nitrogen and oxygen atoms in total. The molecule has 0 radical (unpaired) electrons. The summed E-state index contributed by atoms with van der Waals surface area (Å²) >= 11 is 1.77. The van der Waals surface area contributed by atoms with E-state index < -0.39 is 0 Å². The lowest BCUT2D eigenvalue weighted by Crippen LogP contribution is -2.53. The summed E-state index contributed by atoms with van der Waals surface area (Å²) < 4.78 is 4.90. The van der Waals surface area contributed by atoms with Crippen molar-refractivity contribution < 1.29 is 9.53 Å². The zero-order valence-corrected chi connectivity index (χ0v) is 17.3. The Hall–Kier alpha value is -1.07. The third kappa shape index (κ3) is 6.44. The van der Waals surface area contributed by atoms with Gasteiger partial charge in [-0.05, 0) is 17.5 Å². The Morgan fingerprint density at radius 3 is 2.67 bits per heavy atom. The number of piperazine rings is 1. The Labute approximate surface area is 164 Å². The zero-order chi connectivity index (χ0) is 16.5. The van der Waals surface area contributed by atoms with E-state index in [1.165, 1.54) is 5.00 Å². The first-order chi connectivity index (χ1) is 11.2. The highest BCUT2D eigenvalue weighted by atomic mass is 127. The third-order valence-corrected chi connectivity index (χ3v) is 4.57.